The minimum atomic E-state index is -1.16. The van der Waals surface area contributed by atoms with E-state index in [4.69, 9.17) is 11.6 Å². The van der Waals surface area contributed by atoms with Gasteiger partial charge in [0.2, 0.25) is 0 Å². The number of rotatable bonds is 5. The molecule has 0 atom stereocenters. The largest absolute Gasteiger partial charge is 0.479 e. The molecular weight excluding hydrogens is 292 g/mol. The topological polar surface area (TPSA) is 80.9 Å². The fraction of sp³-hybridized carbons (Fsp3) is 0.429. The summed E-state index contributed by atoms with van der Waals surface area (Å²) in [4.78, 5) is 11.8. The van der Waals surface area contributed by atoms with Crippen LogP contribution >= 0.6 is 11.6 Å². The highest BCUT2D eigenvalue weighted by Gasteiger charge is 2.40. The molecule has 0 aliphatic rings. The summed E-state index contributed by atoms with van der Waals surface area (Å²) in [6, 6.07) is 5.41. The quantitative estimate of drug-likeness (QED) is 0.918. The molecule has 2 aromatic rings. The molecule has 0 fully saturated rings. The normalized spacial score (nSPS) is 11.6. The van der Waals surface area contributed by atoms with E-state index in [2.05, 4.69) is 15.5 Å². The third-order valence-corrected chi connectivity index (χ3v) is 4.36. The molecule has 1 heterocycles. The van der Waals surface area contributed by atoms with Gasteiger partial charge in [-0.15, -0.1) is 5.10 Å². The van der Waals surface area contributed by atoms with Crippen molar-refractivity contribution in [1.82, 2.24) is 20.2 Å². The van der Waals surface area contributed by atoms with E-state index in [0.717, 1.165) is 11.1 Å². The van der Waals surface area contributed by atoms with E-state index in [9.17, 15) is 9.90 Å². The Labute approximate surface area is 127 Å². The van der Waals surface area contributed by atoms with Crippen molar-refractivity contribution in [3.05, 3.63) is 28.8 Å². The smallest absolute Gasteiger partial charge is 0.331 e. The molecule has 1 aromatic heterocycles. The van der Waals surface area contributed by atoms with Gasteiger partial charge in [0.25, 0.3) is 0 Å². The lowest BCUT2D eigenvalue weighted by atomic mass is 9.92. The Morgan fingerprint density at radius 1 is 1.38 bits per heavy atom. The first-order valence-corrected chi connectivity index (χ1v) is 7.13. The summed E-state index contributed by atoms with van der Waals surface area (Å²) in [6.07, 6.45) is 0.771. The number of nitrogens with zero attached hydrogens (tertiary/aromatic N) is 4. The van der Waals surface area contributed by atoms with Gasteiger partial charge in [-0.25, -0.2) is 9.48 Å². The minimum absolute atomic E-state index is 0.385. The van der Waals surface area contributed by atoms with Gasteiger partial charge in [0, 0.05) is 10.6 Å². The molecule has 0 spiro atoms. The van der Waals surface area contributed by atoms with E-state index in [0.29, 0.717) is 23.7 Å². The zero-order chi connectivity index (χ0) is 15.6. The van der Waals surface area contributed by atoms with Gasteiger partial charge in [-0.05, 0) is 41.8 Å². The highest BCUT2D eigenvalue weighted by molar-refractivity contribution is 6.31. The maximum absolute atomic E-state index is 11.8. The van der Waals surface area contributed by atoms with Gasteiger partial charge in [-0.2, -0.15) is 0 Å². The van der Waals surface area contributed by atoms with Crippen molar-refractivity contribution in [2.24, 2.45) is 0 Å². The maximum atomic E-state index is 11.8. The van der Waals surface area contributed by atoms with E-state index in [1.165, 1.54) is 4.68 Å². The molecule has 0 saturated carbocycles. The van der Waals surface area contributed by atoms with E-state index in [1.807, 2.05) is 26.8 Å². The molecule has 0 unspecified atom stereocenters. The number of hydrogen-bond acceptors (Lipinski definition) is 4. The number of benzene rings is 1. The van der Waals surface area contributed by atoms with Crippen LogP contribution in [0.2, 0.25) is 5.02 Å². The second-order valence-corrected chi connectivity index (χ2v) is 5.28. The summed E-state index contributed by atoms with van der Waals surface area (Å²) in [5.41, 5.74) is 0.398. The van der Waals surface area contributed by atoms with Crippen LogP contribution in [0.5, 0.6) is 0 Å². The predicted octanol–water partition coefficient (Wildman–Crippen LogP) is 2.90. The lowest BCUT2D eigenvalue weighted by Gasteiger charge is -2.27. The zero-order valence-corrected chi connectivity index (χ0v) is 12.9. The van der Waals surface area contributed by atoms with Crippen molar-refractivity contribution in [3.63, 3.8) is 0 Å². The van der Waals surface area contributed by atoms with Crippen LogP contribution in [0.3, 0.4) is 0 Å². The Morgan fingerprint density at radius 3 is 2.62 bits per heavy atom. The summed E-state index contributed by atoms with van der Waals surface area (Å²) in [5.74, 6) is -0.526. The summed E-state index contributed by atoms with van der Waals surface area (Å²) in [5, 5.41) is 21.9. The molecule has 0 saturated heterocycles. The van der Waals surface area contributed by atoms with Crippen molar-refractivity contribution < 1.29 is 9.90 Å². The summed E-state index contributed by atoms with van der Waals surface area (Å²) < 4.78 is 1.40. The number of carboxylic acids is 1. The molecule has 0 amide bonds. The number of hydrogen-bond donors (Lipinski definition) is 1. The molecule has 6 nitrogen and oxygen atoms in total. The van der Waals surface area contributed by atoms with E-state index in [-0.39, 0.29) is 0 Å². The summed E-state index contributed by atoms with van der Waals surface area (Å²) in [6.45, 7) is 5.48. The van der Waals surface area contributed by atoms with Gasteiger partial charge >= 0.3 is 5.97 Å². The lowest BCUT2D eigenvalue weighted by molar-refractivity contribution is -0.148. The summed E-state index contributed by atoms with van der Waals surface area (Å²) >= 11 is 6.13. The van der Waals surface area contributed by atoms with Crippen LogP contribution in [0.4, 0.5) is 0 Å². The van der Waals surface area contributed by atoms with Crippen molar-refractivity contribution in [3.8, 4) is 11.4 Å². The fourth-order valence-electron chi connectivity index (χ4n) is 2.44. The van der Waals surface area contributed by atoms with Crippen molar-refractivity contribution in [2.45, 2.75) is 39.2 Å². The maximum Gasteiger partial charge on any atom is 0.331 e. The predicted molar refractivity (Wildman–Crippen MR) is 79.2 cm³/mol. The Hall–Kier alpha value is -1.95. The summed E-state index contributed by atoms with van der Waals surface area (Å²) in [7, 11) is 0. The van der Waals surface area contributed by atoms with Crippen LogP contribution in [-0.2, 0) is 10.3 Å². The van der Waals surface area contributed by atoms with Crippen LogP contribution in [0, 0.1) is 6.92 Å². The number of aromatic nitrogens is 4. The first-order chi connectivity index (χ1) is 9.97. The molecule has 112 valence electrons. The Kier molecular flexibility index (Phi) is 4.27. The van der Waals surface area contributed by atoms with Gasteiger partial charge in [0.15, 0.2) is 11.4 Å². The molecule has 0 aliphatic carbocycles. The van der Waals surface area contributed by atoms with Gasteiger partial charge in [-0.3, -0.25) is 0 Å². The van der Waals surface area contributed by atoms with Crippen molar-refractivity contribution >= 4 is 17.6 Å². The minimum Gasteiger partial charge on any atom is -0.479 e. The third-order valence-electron chi connectivity index (χ3n) is 3.95. The molecule has 7 heteroatoms. The van der Waals surface area contributed by atoms with Crippen LogP contribution in [0.1, 0.15) is 32.3 Å². The molecule has 2 rings (SSSR count). The van der Waals surface area contributed by atoms with Gasteiger partial charge in [0.1, 0.15) is 0 Å². The average Bonchev–Trinajstić information content (AvgIpc) is 2.93. The molecule has 0 bridgehead atoms. The third kappa shape index (κ3) is 2.40. The molecule has 1 aromatic carbocycles. The monoisotopic (exact) mass is 308 g/mol. The second kappa shape index (κ2) is 5.81. The Balaban J connectivity index is 2.68. The van der Waals surface area contributed by atoms with Crippen LogP contribution < -0.4 is 0 Å². The number of tetrazole rings is 1. The SMILES string of the molecule is CCC(CC)(C(=O)O)n1nnnc1-c1cccc(Cl)c1C. The van der Waals surface area contributed by atoms with Crippen molar-refractivity contribution in [2.75, 3.05) is 0 Å². The number of carboxylic acid groups (broad SMARTS) is 1. The van der Waals surface area contributed by atoms with Crippen LogP contribution in [0.15, 0.2) is 18.2 Å². The van der Waals surface area contributed by atoms with Gasteiger partial charge < -0.3 is 5.11 Å². The fourth-order valence-corrected chi connectivity index (χ4v) is 2.61. The van der Waals surface area contributed by atoms with Gasteiger partial charge in [0.05, 0.1) is 0 Å². The molecule has 0 aliphatic heterocycles. The molecular formula is C14H17ClN4O2. The van der Waals surface area contributed by atoms with Crippen molar-refractivity contribution in [1.29, 1.82) is 0 Å². The van der Waals surface area contributed by atoms with E-state index < -0.39 is 11.5 Å². The first kappa shape index (κ1) is 15.4. The zero-order valence-electron chi connectivity index (χ0n) is 12.2. The Bertz CT molecular complexity index is 665. The first-order valence-electron chi connectivity index (χ1n) is 6.75. The molecule has 21 heavy (non-hydrogen) atoms. The lowest BCUT2D eigenvalue weighted by Crippen LogP contribution is -2.42. The second-order valence-electron chi connectivity index (χ2n) is 4.87. The van der Waals surface area contributed by atoms with Crippen LogP contribution in [0.25, 0.3) is 11.4 Å². The Morgan fingerprint density at radius 2 is 2.05 bits per heavy atom. The number of halogens is 1. The average molecular weight is 309 g/mol. The highest BCUT2D eigenvalue weighted by Crippen LogP contribution is 2.32. The van der Waals surface area contributed by atoms with E-state index in [1.54, 1.807) is 12.1 Å². The number of carbonyl (C=O) groups is 1. The van der Waals surface area contributed by atoms with Gasteiger partial charge in [-0.1, -0.05) is 37.6 Å². The van der Waals surface area contributed by atoms with E-state index >= 15 is 0 Å². The van der Waals surface area contributed by atoms with Crippen LogP contribution in [-0.4, -0.2) is 31.3 Å². The highest BCUT2D eigenvalue weighted by atomic mass is 35.5. The number of aliphatic carboxylic acids is 1. The molecule has 1 N–H and O–H groups in total. The molecule has 0 radical (unpaired) electrons. The standard InChI is InChI=1S/C14H17ClN4O2/c1-4-14(5-2,13(20)21)19-12(16-17-18-19)10-7-6-8-11(15)9(10)3/h6-8H,4-5H2,1-3H3,(H,20,21).